The third-order valence-electron chi connectivity index (χ3n) is 6.54. The minimum Gasteiger partial charge on any atom is -0.305 e. The summed E-state index contributed by atoms with van der Waals surface area (Å²) in [5.41, 5.74) is 5.56. The smallest absolute Gasteiger partial charge is 0.267 e. The van der Waals surface area contributed by atoms with Crippen LogP contribution in [0.25, 0.3) is 22.3 Å². The minimum absolute atomic E-state index is 0.178. The van der Waals surface area contributed by atoms with E-state index in [4.69, 9.17) is 10.1 Å². The van der Waals surface area contributed by atoms with Gasteiger partial charge in [0, 0.05) is 17.2 Å². The lowest BCUT2D eigenvalue weighted by molar-refractivity contribution is 0.102. The molecule has 3 aromatic carbocycles. The van der Waals surface area contributed by atoms with Gasteiger partial charge in [0.15, 0.2) is 0 Å². The van der Waals surface area contributed by atoms with Crippen LogP contribution in [0, 0.1) is 0 Å². The van der Waals surface area contributed by atoms with E-state index >= 15 is 0 Å². The summed E-state index contributed by atoms with van der Waals surface area (Å²) < 4.78 is 3.54. The normalized spacial score (nSPS) is 15.1. The first-order valence-electron chi connectivity index (χ1n) is 11.7. The SMILES string of the molecule is CCC1c2cccc(c2)C(=O)Nc2nc3ccccc3n2Cc2ccccc2-c2ccc(=O)n1n2. The van der Waals surface area contributed by atoms with Crippen molar-refractivity contribution in [3.63, 3.8) is 0 Å². The Labute approximate surface area is 201 Å². The molecule has 4 bridgehead atoms. The van der Waals surface area contributed by atoms with E-state index in [1.54, 1.807) is 18.2 Å². The number of benzene rings is 3. The number of nitrogens with one attached hydrogen (secondary N) is 1. The van der Waals surface area contributed by atoms with Gasteiger partial charge in [-0.05, 0) is 47.9 Å². The Kier molecular flexibility index (Phi) is 5.03. The van der Waals surface area contributed by atoms with Crippen LogP contribution in [0.2, 0.25) is 0 Å². The van der Waals surface area contributed by atoms with Gasteiger partial charge in [-0.3, -0.25) is 14.9 Å². The van der Waals surface area contributed by atoms with Crippen molar-refractivity contribution in [3.05, 3.63) is 112 Å². The fourth-order valence-electron chi connectivity index (χ4n) is 4.81. The average Bonchev–Trinajstić information content (AvgIpc) is 3.22. The van der Waals surface area contributed by atoms with E-state index in [1.807, 2.05) is 78.2 Å². The van der Waals surface area contributed by atoms with Gasteiger partial charge in [-0.25, -0.2) is 9.67 Å². The van der Waals surface area contributed by atoms with Crippen molar-refractivity contribution in [2.24, 2.45) is 0 Å². The van der Waals surface area contributed by atoms with Crippen LogP contribution in [0.4, 0.5) is 5.95 Å². The van der Waals surface area contributed by atoms with Crippen molar-refractivity contribution in [3.8, 4) is 11.3 Å². The number of para-hydroxylation sites is 2. The molecule has 7 nitrogen and oxygen atoms in total. The molecule has 1 amide bonds. The van der Waals surface area contributed by atoms with E-state index in [0.717, 1.165) is 33.4 Å². The highest BCUT2D eigenvalue weighted by atomic mass is 16.2. The number of aromatic nitrogens is 4. The van der Waals surface area contributed by atoms with Crippen molar-refractivity contribution in [2.45, 2.75) is 25.9 Å². The second-order valence-corrected chi connectivity index (χ2v) is 8.67. The maximum atomic E-state index is 13.3. The molecule has 0 fully saturated rings. The molecule has 5 aromatic rings. The molecule has 7 heteroatoms. The van der Waals surface area contributed by atoms with Crippen molar-refractivity contribution in [2.75, 3.05) is 5.32 Å². The molecule has 1 N–H and O–H groups in total. The van der Waals surface area contributed by atoms with Crippen LogP contribution < -0.4 is 10.9 Å². The Balaban J connectivity index is 1.65. The van der Waals surface area contributed by atoms with Crippen molar-refractivity contribution in [1.82, 2.24) is 19.3 Å². The molecular weight excluding hydrogens is 438 g/mol. The van der Waals surface area contributed by atoms with Crippen LogP contribution in [0.1, 0.15) is 40.9 Å². The van der Waals surface area contributed by atoms with Gasteiger partial charge in [-0.1, -0.05) is 55.5 Å². The number of hydrogen-bond acceptors (Lipinski definition) is 4. The third-order valence-corrected chi connectivity index (χ3v) is 6.54. The molecule has 0 aliphatic carbocycles. The molecule has 1 unspecified atom stereocenters. The quantitative estimate of drug-likeness (QED) is 0.386. The number of carbonyl (C=O) groups is 1. The molecule has 0 saturated heterocycles. The summed E-state index contributed by atoms with van der Waals surface area (Å²) in [7, 11) is 0. The zero-order valence-corrected chi connectivity index (χ0v) is 19.2. The maximum Gasteiger partial charge on any atom is 0.267 e. The number of anilines is 1. The largest absolute Gasteiger partial charge is 0.305 e. The van der Waals surface area contributed by atoms with Crippen LogP contribution in [-0.4, -0.2) is 25.2 Å². The van der Waals surface area contributed by atoms with Gasteiger partial charge in [0.25, 0.3) is 11.5 Å². The number of fused-ring (bicyclic) bond motifs is 9. The summed E-state index contributed by atoms with van der Waals surface area (Å²) in [4.78, 5) is 30.9. The molecule has 1 aliphatic rings. The molecule has 1 atom stereocenters. The van der Waals surface area contributed by atoms with Gasteiger partial charge in [0.1, 0.15) is 0 Å². The average molecular weight is 462 g/mol. The van der Waals surface area contributed by atoms with E-state index < -0.39 is 0 Å². The van der Waals surface area contributed by atoms with Crippen LogP contribution >= 0.6 is 0 Å². The highest BCUT2D eigenvalue weighted by Crippen LogP contribution is 2.28. The summed E-state index contributed by atoms with van der Waals surface area (Å²) in [5, 5.41) is 7.83. The van der Waals surface area contributed by atoms with E-state index in [0.29, 0.717) is 24.5 Å². The van der Waals surface area contributed by atoms with Crippen LogP contribution in [0.5, 0.6) is 0 Å². The molecule has 0 saturated carbocycles. The standard InChI is InChI=1S/C28H23N5O2/c1-2-24-18-9-7-10-19(16-18)27(35)30-28-29-23-12-5-6-13-25(23)32(28)17-20-8-3-4-11-21(20)22-14-15-26(34)33(24)31-22/h3-16,24H,2,17H2,1H3,(H,29,30,35). The van der Waals surface area contributed by atoms with E-state index in [9.17, 15) is 9.59 Å². The lowest BCUT2D eigenvalue weighted by Gasteiger charge is -2.20. The molecule has 35 heavy (non-hydrogen) atoms. The second kappa shape index (κ2) is 8.36. The molecule has 172 valence electrons. The van der Waals surface area contributed by atoms with E-state index in [1.165, 1.54) is 4.68 Å². The van der Waals surface area contributed by atoms with Crippen LogP contribution in [0.3, 0.4) is 0 Å². The fourth-order valence-corrected chi connectivity index (χ4v) is 4.81. The molecular formula is C28H23N5O2. The molecule has 0 spiro atoms. The zero-order chi connectivity index (χ0) is 23.9. The van der Waals surface area contributed by atoms with Gasteiger partial charge in [0.05, 0.1) is 29.3 Å². The predicted molar refractivity (Wildman–Crippen MR) is 136 cm³/mol. The predicted octanol–water partition coefficient (Wildman–Crippen LogP) is 4.87. The molecule has 2 aromatic heterocycles. The summed E-state index contributed by atoms with van der Waals surface area (Å²) >= 11 is 0. The lowest BCUT2D eigenvalue weighted by atomic mass is 10.0. The zero-order valence-electron chi connectivity index (χ0n) is 19.2. The molecule has 1 aliphatic heterocycles. The summed E-state index contributed by atoms with van der Waals surface area (Å²) in [6.07, 6.45) is 0.652. The summed E-state index contributed by atoms with van der Waals surface area (Å²) in [5.74, 6) is 0.232. The van der Waals surface area contributed by atoms with E-state index in [-0.39, 0.29) is 17.5 Å². The molecule has 0 radical (unpaired) electrons. The number of rotatable bonds is 1. The minimum atomic E-state index is -0.296. The Bertz CT molecular complexity index is 1650. The number of amides is 1. The Morgan fingerprint density at radius 2 is 1.77 bits per heavy atom. The van der Waals surface area contributed by atoms with Gasteiger partial charge in [0.2, 0.25) is 5.95 Å². The maximum absolute atomic E-state index is 13.3. The fraction of sp³-hybridized carbons (Fsp3) is 0.143. The number of carbonyl (C=O) groups excluding carboxylic acids is 1. The van der Waals surface area contributed by atoms with Crippen molar-refractivity contribution >= 4 is 22.9 Å². The lowest BCUT2D eigenvalue weighted by Crippen LogP contribution is -2.28. The number of nitrogens with zero attached hydrogens (tertiary/aromatic N) is 4. The monoisotopic (exact) mass is 461 g/mol. The Morgan fingerprint density at radius 1 is 0.943 bits per heavy atom. The topological polar surface area (TPSA) is 81.8 Å². The van der Waals surface area contributed by atoms with Crippen LogP contribution in [0.15, 0.2) is 89.7 Å². The van der Waals surface area contributed by atoms with Gasteiger partial charge in [-0.2, -0.15) is 5.10 Å². The van der Waals surface area contributed by atoms with Crippen molar-refractivity contribution in [1.29, 1.82) is 0 Å². The third kappa shape index (κ3) is 3.61. The Hall–Kier alpha value is -4.52. The van der Waals surface area contributed by atoms with Crippen molar-refractivity contribution < 1.29 is 4.79 Å². The first-order valence-corrected chi connectivity index (χ1v) is 11.7. The van der Waals surface area contributed by atoms with Gasteiger partial charge >= 0.3 is 0 Å². The molecule has 3 heterocycles. The van der Waals surface area contributed by atoms with Gasteiger partial charge in [-0.15, -0.1) is 0 Å². The van der Waals surface area contributed by atoms with Crippen LogP contribution in [-0.2, 0) is 6.54 Å². The summed E-state index contributed by atoms with van der Waals surface area (Å²) in [6.45, 7) is 2.49. The highest BCUT2D eigenvalue weighted by molar-refractivity contribution is 6.04. The second-order valence-electron chi connectivity index (χ2n) is 8.67. The van der Waals surface area contributed by atoms with Gasteiger partial charge < -0.3 is 4.57 Å². The Morgan fingerprint density at radius 3 is 2.66 bits per heavy atom. The number of hydrogen-bond donors (Lipinski definition) is 1. The first-order chi connectivity index (χ1) is 17.1. The molecule has 6 rings (SSSR count). The highest BCUT2D eigenvalue weighted by Gasteiger charge is 2.21. The first kappa shape index (κ1) is 21.0. The number of imidazole rings is 1. The van der Waals surface area contributed by atoms with E-state index in [2.05, 4.69) is 5.32 Å². The summed E-state index contributed by atoms with van der Waals surface area (Å²) in [6, 6.07) is 26.2.